The van der Waals surface area contributed by atoms with Gasteiger partial charge in [-0.1, -0.05) is 20.8 Å². The highest BCUT2D eigenvalue weighted by molar-refractivity contribution is 5.88. The Bertz CT molecular complexity index is 175. The number of hydrogen-bond acceptors (Lipinski definition) is 2. The highest BCUT2D eigenvalue weighted by Gasteiger charge is 2.32. The molecule has 0 rings (SSSR count). The SMILES string of the molecule is CCC(C)(C(=O)CC(C)C)N(C)C. The summed E-state index contributed by atoms with van der Waals surface area (Å²) in [5.41, 5.74) is -0.274. The van der Waals surface area contributed by atoms with Crippen LogP contribution in [0.25, 0.3) is 0 Å². The number of rotatable bonds is 5. The van der Waals surface area contributed by atoms with Crippen LogP contribution in [0, 0.1) is 5.92 Å². The molecule has 1 atom stereocenters. The zero-order valence-corrected chi connectivity index (χ0v) is 9.85. The van der Waals surface area contributed by atoms with Crippen molar-refractivity contribution in [1.29, 1.82) is 0 Å². The Morgan fingerprint density at radius 2 is 1.85 bits per heavy atom. The quantitative estimate of drug-likeness (QED) is 0.655. The van der Waals surface area contributed by atoms with Gasteiger partial charge in [0, 0.05) is 6.42 Å². The number of likely N-dealkylation sites (N-methyl/N-ethyl adjacent to an activating group) is 1. The Morgan fingerprint density at radius 3 is 2.08 bits per heavy atom. The summed E-state index contributed by atoms with van der Waals surface area (Å²) in [7, 11) is 3.95. The minimum Gasteiger partial charge on any atom is -0.298 e. The number of carbonyl (C=O) groups excluding carboxylic acids is 1. The van der Waals surface area contributed by atoms with Crippen LogP contribution < -0.4 is 0 Å². The predicted molar refractivity (Wildman–Crippen MR) is 56.8 cm³/mol. The molecule has 0 fully saturated rings. The average molecular weight is 185 g/mol. The molecule has 78 valence electrons. The van der Waals surface area contributed by atoms with Crippen molar-refractivity contribution in [3.8, 4) is 0 Å². The summed E-state index contributed by atoms with van der Waals surface area (Å²) in [6, 6.07) is 0. The average Bonchev–Trinajstić information content (AvgIpc) is 2.01. The summed E-state index contributed by atoms with van der Waals surface area (Å²) in [5.74, 6) is 0.813. The summed E-state index contributed by atoms with van der Waals surface area (Å²) in [4.78, 5) is 13.9. The second-order valence-corrected chi connectivity index (χ2v) is 4.54. The first-order valence-corrected chi connectivity index (χ1v) is 5.05. The van der Waals surface area contributed by atoms with Gasteiger partial charge in [0.25, 0.3) is 0 Å². The normalized spacial score (nSPS) is 16.3. The van der Waals surface area contributed by atoms with Crippen molar-refractivity contribution in [1.82, 2.24) is 4.90 Å². The van der Waals surface area contributed by atoms with Crippen LogP contribution in [-0.2, 0) is 4.79 Å². The van der Waals surface area contributed by atoms with Gasteiger partial charge in [0.05, 0.1) is 5.54 Å². The van der Waals surface area contributed by atoms with E-state index in [4.69, 9.17) is 0 Å². The third-order valence-electron chi connectivity index (χ3n) is 2.87. The second-order valence-electron chi connectivity index (χ2n) is 4.54. The van der Waals surface area contributed by atoms with Crippen LogP contribution in [0.5, 0.6) is 0 Å². The van der Waals surface area contributed by atoms with Gasteiger partial charge in [0.15, 0.2) is 5.78 Å². The third kappa shape index (κ3) is 3.11. The van der Waals surface area contributed by atoms with E-state index in [1.807, 2.05) is 25.9 Å². The standard InChI is InChI=1S/C11H23NO/c1-7-11(4,12(5)6)10(13)8-9(2)3/h9H,7-8H2,1-6H3. The van der Waals surface area contributed by atoms with E-state index in [0.717, 1.165) is 6.42 Å². The van der Waals surface area contributed by atoms with Crippen molar-refractivity contribution in [2.24, 2.45) is 5.92 Å². The Morgan fingerprint density at radius 1 is 1.38 bits per heavy atom. The number of carbonyl (C=O) groups is 1. The van der Waals surface area contributed by atoms with E-state index in [0.29, 0.717) is 18.1 Å². The van der Waals surface area contributed by atoms with E-state index in [1.165, 1.54) is 0 Å². The van der Waals surface area contributed by atoms with Crippen LogP contribution >= 0.6 is 0 Å². The van der Waals surface area contributed by atoms with Crippen molar-refractivity contribution in [2.75, 3.05) is 14.1 Å². The lowest BCUT2D eigenvalue weighted by Crippen LogP contribution is -2.48. The van der Waals surface area contributed by atoms with E-state index in [-0.39, 0.29) is 5.54 Å². The molecule has 0 amide bonds. The van der Waals surface area contributed by atoms with Crippen LogP contribution in [0.1, 0.15) is 40.5 Å². The van der Waals surface area contributed by atoms with Crippen LogP contribution in [-0.4, -0.2) is 30.3 Å². The molecule has 0 aliphatic heterocycles. The van der Waals surface area contributed by atoms with Crippen molar-refractivity contribution in [3.05, 3.63) is 0 Å². The maximum Gasteiger partial charge on any atom is 0.153 e. The summed E-state index contributed by atoms with van der Waals surface area (Å²) in [5, 5.41) is 0. The molecule has 0 radical (unpaired) electrons. The number of hydrogen-bond donors (Lipinski definition) is 0. The number of Topliss-reactive ketones (excluding diaryl/α,β-unsaturated/α-hetero) is 1. The molecule has 0 heterocycles. The van der Waals surface area contributed by atoms with Crippen molar-refractivity contribution in [2.45, 2.75) is 46.1 Å². The minimum atomic E-state index is -0.274. The van der Waals surface area contributed by atoms with E-state index in [1.54, 1.807) is 0 Å². The van der Waals surface area contributed by atoms with Gasteiger partial charge in [-0.2, -0.15) is 0 Å². The molecule has 0 N–H and O–H groups in total. The van der Waals surface area contributed by atoms with Crippen LogP contribution in [0.2, 0.25) is 0 Å². The molecule has 0 aromatic rings. The van der Waals surface area contributed by atoms with Gasteiger partial charge < -0.3 is 0 Å². The summed E-state index contributed by atoms with van der Waals surface area (Å²) < 4.78 is 0. The van der Waals surface area contributed by atoms with Gasteiger partial charge in [0.2, 0.25) is 0 Å². The van der Waals surface area contributed by atoms with E-state index in [9.17, 15) is 4.79 Å². The fraction of sp³-hybridized carbons (Fsp3) is 0.909. The number of ketones is 1. The maximum atomic E-state index is 11.9. The van der Waals surface area contributed by atoms with Crippen molar-refractivity contribution in [3.63, 3.8) is 0 Å². The molecular formula is C11H23NO. The molecule has 0 aromatic carbocycles. The molecule has 0 saturated heterocycles. The molecular weight excluding hydrogens is 162 g/mol. The Hall–Kier alpha value is -0.370. The first-order valence-electron chi connectivity index (χ1n) is 5.05. The van der Waals surface area contributed by atoms with E-state index >= 15 is 0 Å². The highest BCUT2D eigenvalue weighted by atomic mass is 16.1. The van der Waals surface area contributed by atoms with Gasteiger partial charge in [-0.25, -0.2) is 0 Å². The predicted octanol–water partition coefficient (Wildman–Crippen LogP) is 2.33. The lowest BCUT2D eigenvalue weighted by atomic mass is 9.87. The van der Waals surface area contributed by atoms with Gasteiger partial charge in [-0.15, -0.1) is 0 Å². The smallest absolute Gasteiger partial charge is 0.153 e. The van der Waals surface area contributed by atoms with Crippen LogP contribution in [0.3, 0.4) is 0 Å². The largest absolute Gasteiger partial charge is 0.298 e. The second kappa shape index (κ2) is 4.75. The lowest BCUT2D eigenvalue weighted by Gasteiger charge is -2.34. The molecule has 0 spiro atoms. The Balaban J connectivity index is 4.48. The fourth-order valence-corrected chi connectivity index (χ4v) is 1.35. The third-order valence-corrected chi connectivity index (χ3v) is 2.87. The molecule has 0 aliphatic carbocycles. The van der Waals surface area contributed by atoms with Crippen LogP contribution in [0.15, 0.2) is 0 Å². The molecule has 0 bridgehead atoms. The summed E-state index contributed by atoms with van der Waals surface area (Å²) in [6.45, 7) is 8.27. The minimum absolute atomic E-state index is 0.274. The first kappa shape index (κ1) is 12.6. The molecule has 0 aliphatic rings. The maximum absolute atomic E-state index is 11.9. The summed E-state index contributed by atoms with van der Waals surface area (Å²) >= 11 is 0. The fourth-order valence-electron chi connectivity index (χ4n) is 1.35. The molecule has 0 aromatic heterocycles. The first-order chi connectivity index (χ1) is 5.84. The molecule has 13 heavy (non-hydrogen) atoms. The van der Waals surface area contributed by atoms with Crippen molar-refractivity contribution >= 4 is 5.78 Å². The van der Waals surface area contributed by atoms with E-state index < -0.39 is 0 Å². The molecule has 2 heteroatoms. The Labute approximate surface area is 82.3 Å². The monoisotopic (exact) mass is 185 g/mol. The van der Waals surface area contributed by atoms with Gasteiger partial charge >= 0.3 is 0 Å². The van der Waals surface area contributed by atoms with E-state index in [2.05, 4.69) is 20.8 Å². The lowest BCUT2D eigenvalue weighted by molar-refractivity contribution is -0.129. The molecule has 1 unspecified atom stereocenters. The topological polar surface area (TPSA) is 20.3 Å². The van der Waals surface area contributed by atoms with Gasteiger partial charge in [-0.05, 0) is 33.4 Å². The highest BCUT2D eigenvalue weighted by Crippen LogP contribution is 2.21. The summed E-state index contributed by atoms with van der Waals surface area (Å²) in [6.07, 6.45) is 1.56. The molecule has 2 nitrogen and oxygen atoms in total. The van der Waals surface area contributed by atoms with Crippen molar-refractivity contribution < 1.29 is 4.79 Å². The van der Waals surface area contributed by atoms with Gasteiger partial charge in [-0.3, -0.25) is 9.69 Å². The molecule has 0 saturated carbocycles. The zero-order chi connectivity index (χ0) is 10.6. The van der Waals surface area contributed by atoms with Gasteiger partial charge in [0.1, 0.15) is 0 Å². The van der Waals surface area contributed by atoms with Crippen LogP contribution in [0.4, 0.5) is 0 Å². The Kier molecular flexibility index (Phi) is 4.62. The number of nitrogens with zero attached hydrogens (tertiary/aromatic N) is 1. The zero-order valence-electron chi connectivity index (χ0n) is 9.85.